The van der Waals surface area contributed by atoms with Crippen LogP contribution in [0.5, 0.6) is 5.75 Å². The minimum absolute atomic E-state index is 0.00403. The molecule has 1 aromatic rings. The van der Waals surface area contributed by atoms with Crippen molar-refractivity contribution < 1.29 is 20.1 Å². The third-order valence-corrected chi connectivity index (χ3v) is 1.76. The number of hydrogen-bond donors (Lipinski definition) is 5. The lowest BCUT2D eigenvalue weighted by atomic mass is 10.1. The number of aromatic hydroxyl groups is 1. The van der Waals surface area contributed by atoms with Crippen LogP contribution in [0, 0.1) is 0 Å². The van der Waals surface area contributed by atoms with Gasteiger partial charge in [0.2, 0.25) is 0 Å². The number of hydrogen-bond acceptors (Lipinski definition) is 5. The molecule has 0 heterocycles. The van der Waals surface area contributed by atoms with Crippen molar-refractivity contribution in [3.05, 3.63) is 23.8 Å². The largest absolute Gasteiger partial charge is 0.505 e. The standard InChI is InChI=1S/C9H12N2O4/c10-6-3-1-2-5(8(6)14)9(15)11-4-7(12)13/h1-3,7,12-14H,4,10H2,(H,11,15). The van der Waals surface area contributed by atoms with Gasteiger partial charge in [0.05, 0.1) is 17.8 Å². The van der Waals surface area contributed by atoms with Gasteiger partial charge in [-0.15, -0.1) is 0 Å². The molecule has 0 atom stereocenters. The average molecular weight is 212 g/mol. The SMILES string of the molecule is Nc1cccc(C(=O)NCC(O)O)c1O. The minimum Gasteiger partial charge on any atom is -0.505 e. The fraction of sp³-hybridized carbons (Fsp3) is 0.222. The number of nitrogens with two attached hydrogens (primary N) is 1. The Kier molecular flexibility index (Phi) is 3.48. The lowest BCUT2D eigenvalue weighted by molar-refractivity contribution is -0.0361. The number of amides is 1. The Morgan fingerprint density at radius 1 is 1.47 bits per heavy atom. The molecule has 0 aliphatic rings. The summed E-state index contributed by atoms with van der Waals surface area (Å²) in [6.45, 7) is -0.312. The van der Waals surface area contributed by atoms with E-state index >= 15 is 0 Å². The Morgan fingerprint density at radius 3 is 2.73 bits per heavy atom. The molecule has 0 saturated heterocycles. The molecular weight excluding hydrogens is 200 g/mol. The number of rotatable bonds is 3. The molecule has 1 amide bonds. The molecule has 82 valence electrons. The molecule has 1 aromatic carbocycles. The van der Waals surface area contributed by atoms with Gasteiger partial charge in [0, 0.05) is 0 Å². The van der Waals surface area contributed by atoms with Crippen LogP contribution in [0.4, 0.5) is 5.69 Å². The summed E-state index contributed by atoms with van der Waals surface area (Å²) in [5, 5.41) is 28.7. The molecule has 0 saturated carbocycles. The van der Waals surface area contributed by atoms with Crippen LogP contribution >= 0.6 is 0 Å². The maximum absolute atomic E-state index is 11.4. The molecule has 15 heavy (non-hydrogen) atoms. The molecule has 1 rings (SSSR count). The van der Waals surface area contributed by atoms with Crippen molar-refractivity contribution in [1.29, 1.82) is 0 Å². The van der Waals surface area contributed by atoms with Gasteiger partial charge in [-0.05, 0) is 12.1 Å². The highest BCUT2D eigenvalue weighted by molar-refractivity contribution is 5.98. The third kappa shape index (κ3) is 2.83. The van der Waals surface area contributed by atoms with Crippen molar-refractivity contribution in [3.8, 4) is 5.75 Å². The van der Waals surface area contributed by atoms with Gasteiger partial charge in [-0.3, -0.25) is 4.79 Å². The second-order valence-corrected chi connectivity index (χ2v) is 2.93. The smallest absolute Gasteiger partial charge is 0.255 e. The first-order valence-electron chi connectivity index (χ1n) is 4.24. The van der Waals surface area contributed by atoms with E-state index in [1.165, 1.54) is 18.2 Å². The molecule has 0 aliphatic heterocycles. The average Bonchev–Trinajstić information content (AvgIpc) is 2.18. The summed E-state index contributed by atoms with van der Waals surface area (Å²) in [6, 6.07) is 4.34. The second kappa shape index (κ2) is 4.63. The van der Waals surface area contributed by atoms with Crippen molar-refractivity contribution in [3.63, 3.8) is 0 Å². The summed E-state index contributed by atoms with van der Waals surface area (Å²) in [4.78, 5) is 11.4. The highest BCUT2D eigenvalue weighted by Crippen LogP contribution is 2.23. The van der Waals surface area contributed by atoms with Crippen LogP contribution in [0.25, 0.3) is 0 Å². The van der Waals surface area contributed by atoms with Gasteiger partial charge in [0.1, 0.15) is 0 Å². The number of phenolic OH excluding ortho intramolecular Hbond substituents is 1. The number of nitrogen functional groups attached to an aromatic ring is 1. The monoisotopic (exact) mass is 212 g/mol. The number of carbonyl (C=O) groups excluding carboxylic acids is 1. The quantitative estimate of drug-likeness (QED) is 0.251. The van der Waals surface area contributed by atoms with E-state index in [1.54, 1.807) is 0 Å². The van der Waals surface area contributed by atoms with Crippen LogP contribution in [-0.4, -0.2) is 34.1 Å². The number of carbonyl (C=O) groups is 1. The first-order valence-corrected chi connectivity index (χ1v) is 4.24. The summed E-state index contributed by atoms with van der Waals surface area (Å²) in [5.41, 5.74) is 5.47. The van der Waals surface area contributed by atoms with Gasteiger partial charge in [-0.25, -0.2) is 0 Å². The van der Waals surface area contributed by atoms with Crippen LogP contribution in [-0.2, 0) is 0 Å². The number of anilines is 1. The van der Waals surface area contributed by atoms with Gasteiger partial charge in [0.15, 0.2) is 12.0 Å². The minimum atomic E-state index is -1.63. The zero-order chi connectivity index (χ0) is 11.4. The van der Waals surface area contributed by atoms with E-state index < -0.39 is 12.2 Å². The van der Waals surface area contributed by atoms with Crippen molar-refractivity contribution in [2.24, 2.45) is 0 Å². The summed E-state index contributed by atoms with van der Waals surface area (Å²) in [5.74, 6) is -0.935. The molecule has 0 unspecified atom stereocenters. The second-order valence-electron chi connectivity index (χ2n) is 2.93. The summed E-state index contributed by atoms with van der Waals surface area (Å²) >= 11 is 0. The molecule has 0 radical (unpaired) electrons. The molecular formula is C9H12N2O4. The molecule has 0 aromatic heterocycles. The molecule has 0 spiro atoms. The van der Waals surface area contributed by atoms with Crippen molar-refractivity contribution in [1.82, 2.24) is 5.32 Å². The number of nitrogens with one attached hydrogen (secondary N) is 1. The molecule has 0 fully saturated rings. The fourth-order valence-corrected chi connectivity index (χ4v) is 1.02. The van der Waals surface area contributed by atoms with Crippen LogP contribution in [0.1, 0.15) is 10.4 Å². The molecule has 0 aliphatic carbocycles. The summed E-state index contributed by atoms with van der Waals surface area (Å²) in [6.07, 6.45) is -1.63. The van der Waals surface area contributed by atoms with Crippen LogP contribution in [0.15, 0.2) is 18.2 Å². The number of aliphatic hydroxyl groups excluding tert-OH is 1. The zero-order valence-electron chi connectivity index (χ0n) is 7.84. The Hall–Kier alpha value is -1.79. The van der Waals surface area contributed by atoms with Crippen LogP contribution < -0.4 is 11.1 Å². The molecule has 6 heteroatoms. The van der Waals surface area contributed by atoms with Gasteiger partial charge >= 0.3 is 0 Å². The van der Waals surface area contributed by atoms with Crippen molar-refractivity contribution in [2.75, 3.05) is 12.3 Å². The molecule has 6 N–H and O–H groups in total. The Labute approximate surface area is 86.0 Å². The number of para-hydroxylation sites is 1. The van der Waals surface area contributed by atoms with Crippen molar-refractivity contribution >= 4 is 11.6 Å². The van der Waals surface area contributed by atoms with Crippen LogP contribution in [0.2, 0.25) is 0 Å². The normalized spacial score (nSPS) is 10.3. The van der Waals surface area contributed by atoms with Gasteiger partial charge in [0.25, 0.3) is 5.91 Å². The molecule has 6 nitrogen and oxygen atoms in total. The Morgan fingerprint density at radius 2 is 2.13 bits per heavy atom. The maximum Gasteiger partial charge on any atom is 0.255 e. The lowest BCUT2D eigenvalue weighted by Crippen LogP contribution is -2.31. The summed E-state index contributed by atoms with van der Waals surface area (Å²) in [7, 11) is 0. The van der Waals surface area contributed by atoms with E-state index in [0.717, 1.165) is 0 Å². The lowest BCUT2D eigenvalue weighted by Gasteiger charge is -2.08. The van der Waals surface area contributed by atoms with E-state index in [1.807, 2.05) is 0 Å². The number of benzene rings is 1. The van der Waals surface area contributed by atoms with Crippen molar-refractivity contribution in [2.45, 2.75) is 6.29 Å². The Balaban J connectivity index is 2.78. The van der Waals surface area contributed by atoms with E-state index in [4.69, 9.17) is 15.9 Å². The number of aliphatic hydroxyl groups is 2. The molecule has 0 bridgehead atoms. The van der Waals surface area contributed by atoms with E-state index in [-0.39, 0.29) is 23.5 Å². The van der Waals surface area contributed by atoms with E-state index in [0.29, 0.717) is 0 Å². The van der Waals surface area contributed by atoms with Gasteiger partial charge < -0.3 is 26.4 Å². The Bertz CT molecular complexity index is 365. The maximum atomic E-state index is 11.4. The first-order chi connectivity index (χ1) is 7.02. The predicted octanol–water partition coefficient (Wildman–Crippen LogP) is -0.985. The van der Waals surface area contributed by atoms with Gasteiger partial charge in [-0.1, -0.05) is 6.07 Å². The zero-order valence-corrected chi connectivity index (χ0v) is 7.84. The topological polar surface area (TPSA) is 116 Å². The van der Waals surface area contributed by atoms with E-state index in [9.17, 15) is 9.90 Å². The summed E-state index contributed by atoms with van der Waals surface area (Å²) < 4.78 is 0. The van der Waals surface area contributed by atoms with Crippen LogP contribution in [0.3, 0.4) is 0 Å². The first kappa shape index (κ1) is 11.3. The van der Waals surface area contributed by atoms with Gasteiger partial charge in [-0.2, -0.15) is 0 Å². The number of phenols is 1. The van der Waals surface area contributed by atoms with E-state index in [2.05, 4.69) is 5.32 Å². The predicted molar refractivity (Wildman–Crippen MR) is 53.1 cm³/mol. The highest BCUT2D eigenvalue weighted by Gasteiger charge is 2.12. The third-order valence-electron chi connectivity index (χ3n) is 1.76. The highest BCUT2D eigenvalue weighted by atomic mass is 16.5. The fourth-order valence-electron chi connectivity index (χ4n) is 1.02.